The zero-order chi connectivity index (χ0) is 16.1. The van der Waals surface area contributed by atoms with Crippen molar-refractivity contribution in [1.29, 1.82) is 0 Å². The first-order valence-electron chi connectivity index (χ1n) is 7.96. The summed E-state index contributed by atoms with van der Waals surface area (Å²) >= 11 is 1.72. The third-order valence-electron chi connectivity index (χ3n) is 4.29. The molecule has 0 saturated heterocycles. The smallest absolute Gasteiger partial charge is 0.315 e. The number of nitrogens with one attached hydrogen (secondary N) is 2. The average Bonchev–Trinajstić information content (AvgIpc) is 3.39. The van der Waals surface area contributed by atoms with Gasteiger partial charge in [0.1, 0.15) is 0 Å². The minimum absolute atomic E-state index is 0.0855. The highest BCUT2D eigenvalue weighted by Gasteiger charge is 2.37. The molecule has 120 valence electrons. The Hall–Kier alpha value is -1.94. The van der Waals surface area contributed by atoms with Crippen LogP contribution in [0.4, 0.5) is 4.79 Å². The molecule has 0 aliphatic heterocycles. The molecule has 23 heavy (non-hydrogen) atoms. The Morgan fingerprint density at radius 2 is 1.83 bits per heavy atom. The summed E-state index contributed by atoms with van der Waals surface area (Å²) in [6.07, 6.45) is 3.22. The molecular weight excluding hydrogens is 304 g/mol. The van der Waals surface area contributed by atoms with E-state index in [-0.39, 0.29) is 6.03 Å². The van der Waals surface area contributed by atoms with Gasteiger partial charge in [0.25, 0.3) is 0 Å². The van der Waals surface area contributed by atoms with E-state index in [1.54, 1.807) is 11.8 Å². The van der Waals surface area contributed by atoms with Gasteiger partial charge >= 0.3 is 6.03 Å². The second kappa shape index (κ2) is 7.55. The van der Waals surface area contributed by atoms with Crippen LogP contribution in [0.5, 0.6) is 0 Å². The maximum Gasteiger partial charge on any atom is 0.315 e. The van der Waals surface area contributed by atoms with Crippen LogP contribution in [-0.4, -0.2) is 18.8 Å². The largest absolute Gasteiger partial charge is 0.338 e. The molecule has 4 heteroatoms. The lowest BCUT2D eigenvalue weighted by Crippen LogP contribution is -2.36. The fraction of sp³-hybridized carbons (Fsp3) is 0.316. The second-order valence-corrected chi connectivity index (χ2v) is 6.80. The van der Waals surface area contributed by atoms with Crippen LogP contribution in [0.2, 0.25) is 0 Å². The fourth-order valence-corrected chi connectivity index (χ4v) is 3.20. The molecule has 0 aromatic heterocycles. The van der Waals surface area contributed by atoms with Crippen LogP contribution in [0.3, 0.4) is 0 Å². The van der Waals surface area contributed by atoms with Crippen LogP contribution in [0, 0.1) is 5.92 Å². The molecule has 2 aromatic carbocycles. The highest BCUT2D eigenvalue weighted by molar-refractivity contribution is 7.98. The van der Waals surface area contributed by atoms with Crippen LogP contribution in [-0.2, 0) is 6.54 Å². The summed E-state index contributed by atoms with van der Waals surface area (Å²) in [5.74, 6) is 1.18. The minimum Gasteiger partial charge on any atom is -0.338 e. The Labute approximate surface area is 141 Å². The van der Waals surface area contributed by atoms with E-state index in [1.165, 1.54) is 16.9 Å². The van der Waals surface area contributed by atoms with Crippen LogP contribution < -0.4 is 10.6 Å². The van der Waals surface area contributed by atoms with E-state index >= 15 is 0 Å². The number of hydrogen-bond donors (Lipinski definition) is 2. The Morgan fingerprint density at radius 3 is 2.52 bits per heavy atom. The van der Waals surface area contributed by atoms with Gasteiger partial charge in [-0.3, -0.25) is 0 Å². The molecule has 2 atom stereocenters. The number of hydrogen-bond acceptors (Lipinski definition) is 2. The first kappa shape index (κ1) is 15.9. The number of rotatable bonds is 6. The fourth-order valence-electron chi connectivity index (χ4n) is 2.79. The molecule has 2 aromatic rings. The van der Waals surface area contributed by atoms with Crippen molar-refractivity contribution >= 4 is 17.8 Å². The van der Waals surface area contributed by atoms with Crippen molar-refractivity contribution in [2.24, 2.45) is 5.92 Å². The molecule has 1 aliphatic carbocycles. The van der Waals surface area contributed by atoms with E-state index in [9.17, 15) is 4.79 Å². The van der Waals surface area contributed by atoms with Crippen molar-refractivity contribution < 1.29 is 4.79 Å². The third-order valence-corrected chi connectivity index (χ3v) is 5.03. The monoisotopic (exact) mass is 326 g/mol. The normalized spacial score (nSPS) is 19.2. The molecule has 2 unspecified atom stereocenters. The number of thioether (sulfide) groups is 1. The summed E-state index contributed by atoms with van der Waals surface area (Å²) in [5, 5.41) is 5.90. The number of benzene rings is 2. The Bertz CT molecular complexity index is 642. The van der Waals surface area contributed by atoms with E-state index < -0.39 is 0 Å². The third kappa shape index (κ3) is 4.52. The lowest BCUT2D eigenvalue weighted by Gasteiger charge is -2.08. The number of urea groups is 1. The summed E-state index contributed by atoms with van der Waals surface area (Å²) in [6.45, 7) is 1.31. The quantitative estimate of drug-likeness (QED) is 0.788. The van der Waals surface area contributed by atoms with Crippen molar-refractivity contribution in [3.63, 3.8) is 0 Å². The zero-order valence-corrected chi connectivity index (χ0v) is 14.1. The van der Waals surface area contributed by atoms with E-state index in [1.807, 2.05) is 6.07 Å². The van der Waals surface area contributed by atoms with Crippen LogP contribution in [0.25, 0.3) is 0 Å². The Morgan fingerprint density at radius 1 is 1.09 bits per heavy atom. The van der Waals surface area contributed by atoms with Crippen molar-refractivity contribution in [1.82, 2.24) is 10.6 Å². The van der Waals surface area contributed by atoms with Gasteiger partial charge in [0, 0.05) is 18.0 Å². The molecule has 0 radical (unpaired) electrons. The standard InChI is InChI=1S/C19H22N2OS/c1-23-17-9-7-14(8-10-17)12-20-19(22)21-13-16-11-18(16)15-5-3-2-4-6-15/h2-10,16,18H,11-13H2,1H3,(H2,20,21,22). The topological polar surface area (TPSA) is 41.1 Å². The van der Waals surface area contributed by atoms with Crippen molar-refractivity contribution in [3.05, 3.63) is 65.7 Å². The molecule has 3 rings (SSSR count). The van der Waals surface area contributed by atoms with Crippen LogP contribution >= 0.6 is 11.8 Å². The predicted molar refractivity (Wildman–Crippen MR) is 95.8 cm³/mol. The van der Waals surface area contributed by atoms with Crippen molar-refractivity contribution in [2.75, 3.05) is 12.8 Å². The molecular formula is C19H22N2OS. The molecule has 2 N–H and O–H groups in total. The Kier molecular flexibility index (Phi) is 5.23. The number of carbonyl (C=O) groups excluding carboxylic acids is 1. The van der Waals surface area contributed by atoms with Gasteiger partial charge in [-0.15, -0.1) is 11.8 Å². The van der Waals surface area contributed by atoms with Gasteiger partial charge < -0.3 is 10.6 Å². The lowest BCUT2D eigenvalue weighted by atomic mass is 10.1. The van der Waals surface area contributed by atoms with E-state index in [2.05, 4.69) is 65.4 Å². The van der Waals surface area contributed by atoms with Crippen molar-refractivity contribution in [3.8, 4) is 0 Å². The number of amides is 2. The molecule has 0 spiro atoms. The van der Waals surface area contributed by atoms with E-state index in [0.29, 0.717) is 18.4 Å². The second-order valence-electron chi connectivity index (χ2n) is 5.92. The van der Waals surface area contributed by atoms with Gasteiger partial charge in [-0.05, 0) is 47.8 Å². The summed E-state index contributed by atoms with van der Waals surface area (Å²) in [5.41, 5.74) is 2.50. The zero-order valence-electron chi connectivity index (χ0n) is 13.3. The summed E-state index contributed by atoms with van der Waals surface area (Å²) in [7, 11) is 0. The number of carbonyl (C=O) groups is 1. The molecule has 1 aliphatic rings. The molecule has 1 fully saturated rings. The van der Waals surface area contributed by atoms with Gasteiger partial charge in [0.15, 0.2) is 0 Å². The Balaban J connectivity index is 1.37. The van der Waals surface area contributed by atoms with Gasteiger partial charge in [0.05, 0.1) is 0 Å². The first-order valence-corrected chi connectivity index (χ1v) is 9.18. The summed E-state index contributed by atoms with van der Waals surface area (Å²) in [6, 6.07) is 18.7. The highest BCUT2D eigenvalue weighted by Crippen LogP contribution is 2.46. The summed E-state index contributed by atoms with van der Waals surface area (Å²) < 4.78 is 0. The lowest BCUT2D eigenvalue weighted by molar-refractivity contribution is 0.240. The highest BCUT2D eigenvalue weighted by atomic mass is 32.2. The minimum atomic E-state index is -0.0855. The molecule has 0 heterocycles. The maximum atomic E-state index is 11.9. The van der Waals surface area contributed by atoms with Crippen LogP contribution in [0.1, 0.15) is 23.5 Å². The molecule has 1 saturated carbocycles. The van der Waals surface area contributed by atoms with Crippen molar-refractivity contribution in [2.45, 2.75) is 23.8 Å². The van der Waals surface area contributed by atoms with Gasteiger partial charge in [-0.2, -0.15) is 0 Å². The first-order chi connectivity index (χ1) is 11.3. The summed E-state index contributed by atoms with van der Waals surface area (Å²) in [4.78, 5) is 13.1. The average molecular weight is 326 g/mol. The van der Waals surface area contributed by atoms with Gasteiger partial charge in [-0.1, -0.05) is 42.5 Å². The van der Waals surface area contributed by atoms with Crippen LogP contribution in [0.15, 0.2) is 59.5 Å². The molecule has 0 bridgehead atoms. The van der Waals surface area contributed by atoms with E-state index in [0.717, 1.165) is 12.1 Å². The predicted octanol–water partition coefficient (Wildman–Crippen LogP) is 4.01. The molecule has 3 nitrogen and oxygen atoms in total. The van der Waals surface area contributed by atoms with Gasteiger partial charge in [-0.25, -0.2) is 4.79 Å². The van der Waals surface area contributed by atoms with E-state index in [4.69, 9.17) is 0 Å². The maximum absolute atomic E-state index is 11.9. The SMILES string of the molecule is CSc1ccc(CNC(=O)NCC2CC2c2ccccc2)cc1. The molecule has 2 amide bonds. The van der Waals surface area contributed by atoms with Gasteiger partial charge in [0.2, 0.25) is 0 Å².